The molecule has 16 heavy (non-hydrogen) atoms. The van der Waals surface area contributed by atoms with Gasteiger partial charge < -0.3 is 4.74 Å². The molecule has 1 aromatic carbocycles. The molecule has 0 aromatic heterocycles. The van der Waals surface area contributed by atoms with Crippen molar-refractivity contribution in [3.8, 4) is 5.75 Å². The van der Waals surface area contributed by atoms with E-state index in [0.29, 0.717) is 29.9 Å². The van der Waals surface area contributed by atoms with Gasteiger partial charge in [0.15, 0.2) is 6.29 Å². The molecule has 0 N–H and O–H groups in total. The number of rotatable bonds is 5. The minimum absolute atomic E-state index is 0.260. The van der Waals surface area contributed by atoms with Crippen LogP contribution in [0.2, 0.25) is 5.02 Å². The summed E-state index contributed by atoms with van der Waals surface area (Å²) in [5.41, 5.74) is 0.363. The average molecular weight is 261 g/mol. The van der Waals surface area contributed by atoms with Crippen molar-refractivity contribution in [1.82, 2.24) is 0 Å². The Morgan fingerprint density at radius 1 is 1.44 bits per heavy atom. The summed E-state index contributed by atoms with van der Waals surface area (Å²) in [6.45, 7) is 0. The molecule has 0 saturated carbocycles. The van der Waals surface area contributed by atoms with E-state index in [1.165, 1.54) is 18.2 Å². The first kappa shape index (κ1) is 13.0. The molecule has 0 aliphatic rings. The van der Waals surface area contributed by atoms with Gasteiger partial charge in [-0.1, -0.05) is 11.6 Å². The van der Waals surface area contributed by atoms with Crippen LogP contribution in [0.15, 0.2) is 18.2 Å². The molecular weight excluding hydrogens is 251 g/mol. The SMILES string of the molecule is O=Cc1ccc(OC(=O)CCCCl)cc1Cl. The Hall–Kier alpha value is -1.06. The predicted octanol–water partition coefficient (Wildman–Crippen LogP) is 3.08. The fourth-order valence-electron chi connectivity index (χ4n) is 1.06. The van der Waals surface area contributed by atoms with Crippen molar-refractivity contribution in [2.45, 2.75) is 12.8 Å². The second-order valence-electron chi connectivity index (χ2n) is 3.07. The van der Waals surface area contributed by atoms with Crippen molar-refractivity contribution < 1.29 is 14.3 Å². The van der Waals surface area contributed by atoms with E-state index in [-0.39, 0.29) is 17.4 Å². The van der Waals surface area contributed by atoms with Crippen LogP contribution in [0.5, 0.6) is 5.75 Å². The van der Waals surface area contributed by atoms with Crippen molar-refractivity contribution in [3.05, 3.63) is 28.8 Å². The molecule has 0 unspecified atom stereocenters. The maximum Gasteiger partial charge on any atom is 0.311 e. The number of esters is 1. The van der Waals surface area contributed by atoms with Crippen molar-refractivity contribution in [2.75, 3.05) is 5.88 Å². The first-order valence-corrected chi connectivity index (χ1v) is 5.60. The molecule has 0 saturated heterocycles. The Morgan fingerprint density at radius 2 is 2.19 bits per heavy atom. The molecule has 0 amide bonds. The monoisotopic (exact) mass is 260 g/mol. The molecule has 0 fully saturated rings. The molecule has 0 aliphatic carbocycles. The standard InChI is InChI=1S/C11H10Cl2O3/c12-5-1-2-11(15)16-9-4-3-8(7-14)10(13)6-9/h3-4,6-7H,1-2,5H2. The number of ether oxygens (including phenoxy) is 1. The molecule has 5 heteroatoms. The summed E-state index contributed by atoms with van der Waals surface area (Å²) in [4.78, 5) is 21.7. The third-order valence-corrected chi connectivity index (χ3v) is 2.44. The fourth-order valence-corrected chi connectivity index (χ4v) is 1.41. The summed E-state index contributed by atoms with van der Waals surface area (Å²) >= 11 is 11.2. The lowest BCUT2D eigenvalue weighted by Crippen LogP contribution is -2.07. The van der Waals surface area contributed by atoms with E-state index >= 15 is 0 Å². The van der Waals surface area contributed by atoms with Crippen LogP contribution >= 0.6 is 23.2 Å². The average Bonchev–Trinajstić information content (AvgIpc) is 2.26. The van der Waals surface area contributed by atoms with E-state index < -0.39 is 0 Å². The van der Waals surface area contributed by atoms with Gasteiger partial charge in [0.05, 0.1) is 5.02 Å². The van der Waals surface area contributed by atoms with Crippen molar-refractivity contribution in [1.29, 1.82) is 0 Å². The number of hydrogen-bond acceptors (Lipinski definition) is 3. The van der Waals surface area contributed by atoms with Crippen LogP contribution in [-0.2, 0) is 4.79 Å². The summed E-state index contributed by atoms with van der Waals surface area (Å²) in [6.07, 6.45) is 1.47. The molecule has 3 nitrogen and oxygen atoms in total. The quantitative estimate of drug-likeness (QED) is 0.354. The zero-order chi connectivity index (χ0) is 12.0. The third-order valence-electron chi connectivity index (χ3n) is 1.85. The van der Waals surface area contributed by atoms with E-state index in [1.54, 1.807) is 0 Å². The highest BCUT2D eigenvalue weighted by Crippen LogP contribution is 2.21. The Morgan fingerprint density at radius 3 is 2.75 bits per heavy atom. The molecule has 0 spiro atoms. The molecule has 0 heterocycles. The van der Waals surface area contributed by atoms with E-state index in [2.05, 4.69) is 0 Å². The zero-order valence-corrected chi connectivity index (χ0v) is 9.92. The third kappa shape index (κ3) is 3.83. The van der Waals surface area contributed by atoms with Gasteiger partial charge in [-0.2, -0.15) is 0 Å². The maximum absolute atomic E-state index is 11.2. The number of benzene rings is 1. The van der Waals surface area contributed by atoms with Crippen LogP contribution < -0.4 is 4.74 Å². The topological polar surface area (TPSA) is 43.4 Å². The lowest BCUT2D eigenvalue weighted by molar-refractivity contribution is -0.134. The van der Waals surface area contributed by atoms with Gasteiger partial charge in [0, 0.05) is 23.9 Å². The van der Waals surface area contributed by atoms with Gasteiger partial charge in [0.2, 0.25) is 0 Å². The maximum atomic E-state index is 11.2. The second kappa shape index (κ2) is 6.51. The van der Waals surface area contributed by atoms with E-state index in [4.69, 9.17) is 27.9 Å². The summed E-state index contributed by atoms with van der Waals surface area (Å²) in [5, 5.41) is 0.262. The largest absolute Gasteiger partial charge is 0.426 e. The smallest absolute Gasteiger partial charge is 0.311 e. The van der Waals surface area contributed by atoms with Crippen LogP contribution in [0.4, 0.5) is 0 Å². The Bertz CT molecular complexity index is 391. The summed E-state index contributed by atoms with van der Waals surface area (Å²) in [5.74, 6) is 0.380. The minimum atomic E-state index is -0.365. The van der Waals surface area contributed by atoms with Gasteiger partial charge >= 0.3 is 5.97 Å². The number of alkyl halides is 1. The van der Waals surface area contributed by atoms with Crippen molar-refractivity contribution in [2.24, 2.45) is 0 Å². The van der Waals surface area contributed by atoms with E-state index in [1.807, 2.05) is 0 Å². The van der Waals surface area contributed by atoms with Crippen LogP contribution in [0.1, 0.15) is 23.2 Å². The van der Waals surface area contributed by atoms with E-state index in [0.717, 1.165) is 0 Å². The number of carbonyl (C=O) groups excluding carboxylic acids is 2. The van der Waals surface area contributed by atoms with Crippen LogP contribution in [0.25, 0.3) is 0 Å². The van der Waals surface area contributed by atoms with Gasteiger partial charge in [-0.05, 0) is 18.6 Å². The van der Waals surface area contributed by atoms with Crippen LogP contribution in [-0.4, -0.2) is 18.1 Å². The molecule has 1 rings (SSSR count). The first-order chi connectivity index (χ1) is 7.67. The van der Waals surface area contributed by atoms with Crippen LogP contribution in [0, 0.1) is 0 Å². The van der Waals surface area contributed by atoms with Crippen molar-refractivity contribution in [3.63, 3.8) is 0 Å². The van der Waals surface area contributed by atoms with Crippen LogP contribution in [0.3, 0.4) is 0 Å². The van der Waals surface area contributed by atoms with E-state index in [9.17, 15) is 9.59 Å². The Labute approximate surface area is 103 Å². The Balaban J connectivity index is 2.64. The molecule has 0 aliphatic heterocycles. The minimum Gasteiger partial charge on any atom is -0.426 e. The predicted molar refractivity (Wildman–Crippen MR) is 62.4 cm³/mol. The molecule has 1 aromatic rings. The molecule has 0 radical (unpaired) electrons. The number of halogens is 2. The first-order valence-electron chi connectivity index (χ1n) is 4.68. The molecule has 0 bridgehead atoms. The summed E-state index contributed by atoms with van der Waals surface area (Å²) < 4.78 is 5.00. The normalized spacial score (nSPS) is 9.88. The molecule has 0 atom stereocenters. The number of hydrogen-bond donors (Lipinski definition) is 0. The summed E-state index contributed by atoms with van der Waals surface area (Å²) in [6, 6.07) is 4.46. The zero-order valence-electron chi connectivity index (χ0n) is 8.41. The Kier molecular flexibility index (Phi) is 5.29. The number of aldehydes is 1. The van der Waals surface area contributed by atoms with Gasteiger partial charge in [0.1, 0.15) is 5.75 Å². The van der Waals surface area contributed by atoms with Gasteiger partial charge in [-0.3, -0.25) is 9.59 Å². The lowest BCUT2D eigenvalue weighted by atomic mass is 10.2. The summed E-state index contributed by atoms with van der Waals surface area (Å²) in [7, 11) is 0. The highest BCUT2D eigenvalue weighted by Gasteiger charge is 2.06. The highest BCUT2D eigenvalue weighted by molar-refractivity contribution is 6.33. The lowest BCUT2D eigenvalue weighted by Gasteiger charge is -2.04. The second-order valence-corrected chi connectivity index (χ2v) is 3.85. The number of carbonyl (C=O) groups is 2. The van der Waals surface area contributed by atoms with Gasteiger partial charge in [-0.15, -0.1) is 11.6 Å². The highest BCUT2D eigenvalue weighted by atomic mass is 35.5. The van der Waals surface area contributed by atoms with Gasteiger partial charge in [-0.25, -0.2) is 0 Å². The molecular formula is C11H10Cl2O3. The van der Waals surface area contributed by atoms with Crippen molar-refractivity contribution >= 4 is 35.5 Å². The fraction of sp³-hybridized carbons (Fsp3) is 0.273. The van der Waals surface area contributed by atoms with Gasteiger partial charge in [0.25, 0.3) is 0 Å². The molecule has 86 valence electrons.